The van der Waals surface area contributed by atoms with Crippen molar-refractivity contribution in [1.29, 1.82) is 0 Å². The summed E-state index contributed by atoms with van der Waals surface area (Å²) in [5, 5.41) is 7.32. The summed E-state index contributed by atoms with van der Waals surface area (Å²) in [6.45, 7) is 0.948. The molecule has 1 aromatic rings. The molecule has 0 amide bonds. The van der Waals surface area contributed by atoms with E-state index in [1.54, 1.807) is 11.3 Å². The molecular weight excluding hydrogens is 233 g/mol. The summed E-state index contributed by atoms with van der Waals surface area (Å²) >= 11 is 5.16. The predicted molar refractivity (Wildman–Crippen MR) is 52.0 cm³/mol. The fraction of sp³-hybridized carbons (Fsp3) is 0.333. The minimum absolute atomic E-state index is 0. The van der Waals surface area contributed by atoms with Crippen LogP contribution in [0, 0.1) is 0 Å². The van der Waals surface area contributed by atoms with Crippen molar-refractivity contribution in [3.8, 4) is 0 Å². The van der Waals surface area contributed by atoms with Crippen LogP contribution in [-0.4, -0.2) is 7.05 Å². The van der Waals surface area contributed by atoms with Gasteiger partial charge in [0.05, 0.1) is 0 Å². The maximum Gasteiger partial charge on any atom is 0.0327 e. The summed E-state index contributed by atoms with van der Waals surface area (Å²) in [7, 11) is 1.95. The SMILES string of the molecule is CNCc1cscc1Br.Cl. The average Bonchev–Trinajstić information content (AvgIpc) is 2.18. The maximum absolute atomic E-state index is 3.44. The first kappa shape index (κ1) is 10.4. The summed E-state index contributed by atoms with van der Waals surface area (Å²) in [4.78, 5) is 0. The summed E-state index contributed by atoms with van der Waals surface area (Å²) in [6, 6.07) is 0. The van der Waals surface area contributed by atoms with Crippen LogP contribution in [0.3, 0.4) is 0 Å². The number of thiophene rings is 1. The van der Waals surface area contributed by atoms with E-state index < -0.39 is 0 Å². The largest absolute Gasteiger partial charge is 0.316 e. The van der Waals surface area contributed by atoms with Crippen LogP contribution >= 0.6 is 39.7 Å². The fourth-order valence-electron chi connectivity index (χ4n) is 0.624. The van der Waals surface area contributed by atoms with E-state index in [1.165, 1.54) is 10.0 Å². The molecule has 1 rings (SSSR count). The van der Waals surface area contributed by atoms with Crippen LogP contribution in [0.2, 0.25) is 0 Å². The van der Waals surface area contributed by atoms with Gasteiger partial charge < -0.3 is 5.32 Å². The predicted octanol–water partition coefficient (Wildman–Crippen LogP) is 2.65. The number of hydrogen-bond donors (Lipinski definition) is 1. The molecule has 4 heteroatoms. The number of rotatable bonds is 2. The van der Waals surface area contributed by atoms with Crippen molar-refractivity contribution in [2.45, 2.75) is 6.54 Å². The lowest BCUT2D eigenvalue weighted by Crippen LogP contribution is -2.03. The smallest absolute Gasteiger partial charge is 0.0327 e. The minimum atomic E-state index is 0. The molecular formula is C6H9BrClNS. The quantitative estimate of drug-likeness (QED) is 0.841. The van der Waals surface area contributed by atoms with Gasteiger partial charge in [0.25, 0.3) is 0 Å². The summed E-state index contributed by atoms with van der Waals surface area (Å²) in [5.74, 6) is 0. The molecule has 10 heavy (non-hydrogen) atoms. The van der Waals surface area contributed by atoms with Crippen LogP contribution in [0.25, 0.3) is 0 Å². The molecule has 0 bridgehead atoms. The van der Waals surface area contributed by atoms with Gasteiger partial charge in [-0.25, -0.2) is 0 Å². The van der Waals surface area contributed by atoms with E-state index in [2.05, 4.69) is 32.0 Å². The van der Waals surface area contributed by atoms with Gasteiger partial charge >= 0.3 is 0 Å². The number of hydrogen-bond acceptors (Lipinski definition) is 2. The van der Waals surface area contributed by atoms with Gasteiger partial charge in [-0.3, -0.25) is 0 Å². The van der Waals surface area contributed by atoms with E-state index in [0.717, 1.165) is 6.54 Å². The van der Waals surface area contributed by atoms with Crippen molar-refractivity contribution < 1.29 is 0 Å². The maximum atomic E-state index is 3.44. The van der Waals surface area contributed by atoms with E-state index in [0.29, 0.717) is 0 Å². The van der Waals surface area contributed by atoms with Crippen LogP contribution in [-0.2, 0) is 6.54 Å². The molecule has 1 heterocycles. The average molecular weight is 243 g/mol. The van der Waals surface area contributed by atoms with Crippen LogP contribution in [0.4, 0.5) is 0 Å². The van der Waals surface area contributed by atoms with Gasteiger partial charge in [0.2, 0.25) is 0 Å². The monoisotopic (exact) mass is 241 g/mol. The fourth-order valence-corrected chi connectivity index (χ4v) is 2.07. The van der Waals surface area contributed by atoms with Gasteiger partial charge in [-0.05, 0) is 33.9 Å². The van der Waals surface area contributed by atoms with Crippen LogP contribution in [0.1, 0.15) is 5.56 Å². The van der Waals surface area contributed by atoms with Gasteiger partial charge in [-0.1, -0.05) is 0 Å². The standard InChI is InChI=1S/C6H8BrNS.ClH/c1-8-2-5-3-9-4-6(5)7;/h3-4,8H,2H2,1H3;1H. The van der Waals surface area contributed by atoms with Gasteiger partial charge in [-0.2, -0.15) is 11.3 Å². The lowest BCUT2D eigenvalue weighted by atomic mass is 10.3. The second-order valence-electron chi connectivity index (χ2n) is 1.78. The molecule has 0 radical (unpaired) electrons. The summed E-state index contributed by atoms with van der Waals surface area (Å²) < 4.78 is 1.21. The Morgan fingerprint density at radius 3 is 2.70 bits per heavy atom. The third-order valence-corrected chi connectivity index (χ3v) is 2.89. The Kier molecular flexibility index (Phi) is 5.35. The first-order valence-electron chi connectivity index (χ1n) is 2.69. The first-order valence-corrected chi connectivity index (χ1v) is 4.43. The second kappa shape index (κ2) is 5.13. The van der Waals surface area contributed by atoms with Gasteiger partial charge in [-0.15, -0.1) is 12.4 Å². The Morgan fingerprint density at radius 2 is 2.30 bits per heavy atom. The molecule has 0 unspecified atom stereocenters. The Hall–Kier alpha value is 0.430. The molecule has 0 aliphatic heterocycles. The van der Waals surface area contributed by atoms with Crippen molar-refractivity contribution in [2.24, 2.45) is 0 Å². The van der Waals surface area contributed by atoms with Gasteiger partial charge in [0.15, 0.2) is 0 Å². The first-order chi connectivity index (χ1) is 4.34. The van der Waals surface area contributed by atoms with E-state index in [1.807, 2.05) is 7.05 Å². The molecule has 0 spiro atoms. The molecule has 0 atom stereocenters. The Balaban J connectivity index is 0.000000810. The highest BCUT2D eigenvalue weighted by atomic mass is 79.9. The molecule has 0 fully saturated rings. The minimum Gasteiger partial charge on any atom is -0.316 e. The number of halogens is 2. The lowest BCUT2D eigenvalue weighted by molar-refractivity contribution is 0.818. The Labute approximate surface area is 79.4 Å². The van der Waals surface area contributed by atoms with Crippen molar-refractivity contribution in [3.63, 3.8) is 0 Å². The highest BCUT2D eigenvalue weighted by Gasteiger charge is 1.96. The Bertz CT molecular complexity index is 190. The zero-order valence-corrected chi connectivity index (χ0v) is 8.78. The van der Waals surface area contributed by atoms with E-state index in [4.69, 9.17) is 0 Å². The van der Waals surface area contributed by atoms with Gasteiger partial charge in [0, 0.05) is 16.4 Å². The van der Waals surface area contributed by atoms with Crippen LogP contribution < -0.4 is 5.32 Å². The summed E-state index contributed by atoms with van der Waals surface area (Å²) in [6.07, 6.45) is 0. The van der Waals surface area contributed by atoms with E-state index >= 15 is 0 Å². The van der Waals surface area contributed by atoms with Crippen molar-refractivity contribution in [2.75, 3.05) is 7.05 Å². The van der Waals surface area contributed by atoms with Crippen LogP contribution in [0.5, 0.6) is 0 Å². The highest BCUT2D eigenvalue weighted by molar-refractivity contribution is 9.10. The molecule has 0 aliphatic carbocycles. The van der Waals surface area contributed by atoms with Gasteiger partial charge in [0.1, 0.15) is 0 Å². The third-order valence-electron chi connectivity index (χ3n) is 1.06. The topological polar surface area (TPSA) is 12.0 Å². The number of nitrogens with one attached hydrogen (secondary N) is 1. The molecule has 58 valence electrons. The lowest BCUT2D eigenvalue weighted by Gasteiger charge is -1.93. The second-order valence-corrected chi connectivity index (χ2v) is 3.37. The molecule has 1 nitrogen and oxygen atoms in total. The zero-order chi connectivity index (χ0) is 6.69. The van der Waals surface area contributed by atoms with Crippen LogP contribution in [0.15, 0.2) is 15.2 Å². The normalized spacial score (nSPS) is 9.00. The highest BCUT2D eigenvalue weighted by Crippen LogP contribution is 2.20. The molecule has 1 aromatic heterocycles. The van der Waals surface area contributed by atoms with Crippen molar-refractivity contribution in [1.82, 2.24) is 5.32 Å². The van der Waals surface area contributed by atoms with Crippen molar-refractivity contribution >= 4 is 39.7 Å². The third kappa shape index (κ3) is 2.58. The van der Waals surface area contributed by atoms with E-state index in [-0.39, 0.29) is 12.4 Å². The Morgan fingerprint density at radius 1 is 1.60 bits per heavy atom. The molecule has 0 saturated carbocycles. The summed E-state index contributed by atoms with van der Waals surface area (Å²) in [5.41, 5.74) is 1.34. The zero-order valence-electron chi connectivity index (χ0n) is 5.56. The van der Waals surface area contributed by atoms with E-state index in [9.17, 15) is 0 Å². The van der Waals surface area contributed by atoms with Crippen molar-refractivity contribution in [3.05, 3.63) is 20.8 Å². The molecule has 1 N–H and O–H groups in total. The molecule has 0 aliphatic rings. The molecule has 0 saturated heterocycles. The molecule has 0 aromatic carbocycles.